The maximum atomic E-state index is 15.4. The molecule has 4 aliphatic heterocycles. The van der Waals surface area contributed by atoms with Crippen molar-refractivity contribution in [2.75, 3.05) is 54.7 Å². The molecular formula is C40H46N6O8Si. The van der Waals surface area contributed by atoms with E-state index in [1.54, 1.807) is 26.5 Å². The number of nitrogens with zero attached hydrogens (tertiary/aromatic N) is 6. The molecule has 1 spiro atoms. The molecule has 4 aliphatic rings. The summed E-state index contributed by atoms with van der Waals surface area (Å²) in [5.74, 6) is 0.364. The van der Waals surface area contributed by atoms with Gasteiger partial charge in [-0.15, -0.1) is 5.10 Å². The molecule has 5 heterocycles. The fourth-order valence-electron chi connectivity index (χ4n) is 9.05. The van der Waals surface area contributed by atoms with Crippen LogP contribution in [0.1, 0.15) is 30.2 Å². The Kier molecular flexibility index (Phi) is 9.63. The molecule has 3 aromatic carbocycles. The van der Waals surface area contributed by atoms with Crippen LogP contribution in [0, 0.1) is 5.92 Å². The summed E-state index contributed by atoms with van der Waals surface area (Å²) in [5, 5.41) is 19.2. The van der Waals surface area contributed by atoms with E-state index in [0.717, 1.165) is 28.3 Å². The lowest BCUT2D eigenvalue weighted by Gasteiger charge is -2.37. The number of aliphatic hydroxyl groups is 1. The lowest BCUT2D eigenvalue weighted by atomic mass is 9.82. The zero-order valence-electron chi connectivity index (χ0n) is 31.5. The van der Waals surface area contributed by atoms with Gasteiger partial charge in [0.15, 0.2) is 5.60 Å². The topological polar surface area (TPSA) is 149 Å². The van der Waals surface area contributed by atoms with Crippen molar-refractivity contribution in [3.8, 4) is 5.75 Å². The summed E-state index contributed by atoms with van der Waals surface area (Å²) >= 11 is 0. The van der Waals surface area contributed by atoms with Gasteiger partial charge in [-0.3, -0.25) is 19.3 Å². The van der Waals surface area contributed by atoms with Crippen molar-refractivity contribution in [3.05, 3.63) is 89.7 Å². The van der Waals surface area contributed by atoms with Gasteiger partial charge in [0.2, 0.25) is 0 Å². The quantitative estimate of drug-likeness (QED) is 0.203. The Morgan fingerprint density at radius 2 is 1.60 bits per heavy atom. The number of fused-ring (bicyclic) bond motifs is 2. The highest BCUT2D eigenvalue weighted by Gasteiger charge is 2.66. The highest BCUT2D eigenvalue weighted by atomic mass is 28.3. The number of cyclic esters (lactones) is 2. The average molecular weight is 767 g/mol. The van der Waals surface area contributed by atoms with E-state index in [2.05, 4.69) is 42.5 Å². The molecule has 288 valence electrons. The minimum absolute atomic E-state index is 0.0133. The van der Waals surface area contributed by atoms with Crippen molar-refractivity contribution in [2.45, 2.75) is 63.2 Å². The summed E-state index contributed by atoms with van der Waals surface area (Å²) in [6, 6.07) is 21.6. The smallest absolute Gasteiger partial charge is 0.414 e. The summed E-state index contributed by atoms with van der Waals surface area (Å²) in [7, 11) is -0.770. The second-order valence-corrected chi connectivity index (χ2v) is 19.9. The largest absolute Gasteiger partial charge is 0.497 e. The summed E-state index contributed by atoms with van der Waals surface area (Å²) in [6.07, 6.45) is 1.72. The van der Waals surface area contributed by atoms with Crippen LogP contribution < -0.4 is 24.6 Å². The monoisotopic (exact) mass is 766 g/mol. The van der Waals surface area contributed by atoms with Gasteiger partial charge < -0.3 is 29.0 Å². The Labute approximate surface area is 320 Å². The molecule has 4 atom stereocenters. The summed E-state index contributed by atoms with van der Waals surface area (Å²) in [5.41, 5.74) is 3.09. The molecule has 3 fully saturated rings. The lowest BCUT2D eigenvalue weighted by molar-refractivity contribution is -0.146. The number of methoxy groups -OCH3 is 1. The maximum Gasteiger partial charge on any atom is 0.414 e. The average Bonchev–Trinajstić information content (AvgIpc) is 4.02. The Morgan fingerprint density at radius 1 is 0.927 bits per heavy atom. The van der Waals surface area contributed by atoms with Gasteiger partial charge in [0, 0.05) is 48.6 Å². The van der Waals surface area contributed by atoms with E-state index in [4.69, 9.17) is 18.9 Å². The number of carbonyl (C=O) groups is 3. The number of hydrogen-bond donors (Lipinski definition) is 1. The number of hydrogen-bond acceptors (Lipinski definition) is 10. The second kappa shape index (κ2) is 14.4. The summed E-state index contributed by atoms with van der Waals surface area (Å²) < 4.78 is 25.0. The number of anilines is 3. The van der Waals surface area contributed by atoms with Gasteiger partial charge in [-0.25, -0.2) is 9.59 Å². The molecule has 1 aromatic heterocycles. The number of benzene rings is 3. The van der Waals surface area contributed by atoms with Crippen LogP contribution in [0.15, 0.2) is 72.9 Å². The molecule has 0 radical (unpaired) electrons. The van der Waals surface area contributed by atoms with E-state index in [-0.39, 0.29) is 49.3 Å². The molecular weight excluding hydrogens is 721 g/mol. The summed E-state index contributed by atoms with van der Waals surface area (Å²) in [6.45, 7) is 9.13. The van der Waals surface area contributed by atoms with Gasteiger partial charge in [0.05, 0.1) is 52.3 Å². The van der Waals surface area contributed by atoms with Crippen molar-refractivity contribution in [1.29, 1.82) is 0 Å². The molecule has 15 heteroatoms. The van der Waals surface area contributed by atoms with Crippen molar-refractivity contribution < 1.29 is 38.4 Å². The number of rotatable bonds is 12. The van der Waals surface area contributed by atoms with E-state index in [1.807, 2.05) is 60.8 Å². The number of aliphatic hydroxyl groups excluding tert-OH is 1. The first kappa shape index (κ1) is 36.7. The van der Waals surface area contributed by atoms with E-state index >= 15 is 4.79 Å². The van der Waals surface area contributed by atoms with Gasteiger partial charge in [-0.05, 0) is 60.0 Å². The molecule has 3 amide bonds. The molecule has 0 saturated carbocycles. The Balaban J connectivity index is 1.19. The third-order valence-electron chi connectivity index (χ3n) is 11.8. The van der Waals surface area contributed by atoms with Crippen LogP contribution in [0.3, 0.4) is 0 Å². The zero-order chi connectivity index (χ0) is 38.5. The number of aryl methyl sites for hydroxylation is 1. The molecule has 0 bridgehead atoms. The number of amides is 3. The normalized spacial score (nSPS) is 23.5. The molecule has 14 nitrogen and oxygen atoms in total. The summed E-state index contributed by atoms with van der Waals surface area (Å²) in [4.78, 5) is 45.4. The minimum Gasteiger partial charge on any atom is -0.497 e. The Bertz CT molecular complexity index is 2090. The van der Waals surface area contributed by atoms with Crippen molar-refractivity contribution in [3.63, 3.8) is 0 Å². The fourth-order valence-corrected chi connectivity index (χ4v) is 13.1. The molecule has 55 heavy (non-hydrogen) atoms. The number of carbonyl (C=O) groups excluding carboxylic acids is 3. The molecule has 1 N–H and O–H groups in total. The van der Waals surface area contributed by atoms with E-state index in [1.165, 1.54) is 5.19 Å². The fraction of sp³-hybridized carbons (Fsp3) is 0.425. The van der Waals surface area contributed by atoms with Crippen LogP contribution >= 0.6 is 0 Å². The molecule has 8 rings (SSSR count). The predicted octanol–water partition coefficient (Wildman–Crippen LogP) is 4.59. The van der Waals surface area contributed by atoms with Gasteiger partial charge in [-0.2, -0.15) is 0 Å². The molecule has 3 saturated heterocycles. The number of ether oxygens (including phenoxy) is 4. The first-order valence-electron chi connectivity index (χ1n) is 18.8. The second-order valence-electron chi connectivity index (χ2n) is 15.2. The van der Waals surface area contributed by atoms with Gasteiger partial charge in [-0.1, -0.05) is 54.7 Å². The number of aromatic nitrogens is 3. The molecule has 0 unspecified atom stereocenters. The van der Waals surface area contributed by atoms with Crippen LogP contribution in [-0.4, -0.2) is 92.4 Å². The standard InChI is InChI=1S/C40H46N6O8Si/c1-26-36(55(3,4)32-12-10-31(51-2)11-13-32)35(15-17-43-25-28(16-20-47)41-42-43)54-40(26)33-23-30(45-19-22-53-39(45)50)9-14-34(33)46(37(40)48)24-27-5-7-29(8-6-27)44-18-21-52-38(44)49/h5-14,23,25-26,35-36,47H,15-22,24H2,1-4H3/t26-,35+,36-,40+/m1/s1. The van der Waals surface area contributed by atoms with Crippen LogP contribution in [0.5, 0.6) is 5.75 Å². The van der Waals surface area contributed by atoms with Crippen LogP contribution in [0.2, 0.25) is 18.6 Å². The van der Waals surface area contributed by atoms with Crippen molar-refractivity contribution >= 4 is 48.4 Å². The Hall–Kier alpha value is -5.25. The first-order valence-corrected chi connectivity index (χ1v) is 21.9. The SMILES string of the molecule is COc1ccc([Si](C)(C)[C@H]2[C@H](CCn3cc(CCO)nn3)O[C@@]3(C(=O)N(Cc4ccc(N5CCOC5=O)cc4)c4ccc(N5CCOC5=O)cc43)[C@@H]2C)cc1. The van der Waals surface area contributed by atoms with Gasteiger partial charge in [0.25, 0.3) is 5.91 Å². The predicted molar refractivity (Wildman–Crippen MR) is 206 cm³/mol. The third kappa shape index (κ3) is 6.33. The molecule has 4 aromatic rings. The van der Waals surface area contributed by atoms with E-state index in [9.17, 15) is 14.7 Å². The van der Waals surface area contributed by atoms with Crippen LogP contribution in [0.4, 0.5) is 26.7 Å². The third-order valence-corrected chi connectivity index (χ3v) is 16.2. The van der Waals surface area contributed by atoms with Crippen LogP contribution in [0.25, 0.3) is 0 Å². The van der Waals surface area contributed by atoms with E-state index < -0.39 is 19.8 Å². The van der Waals surface area contributed by atoms with Crippen LogP contribution in [-0.2, 0) is 44.1 Å². The van der Waals surface area contributed by atoms with Gasteiger partial charge in [0.1, 0.15) is 19.0 Å². The van der Waals surface area contributed by atoms with Crippen molar-refractivity contribution in [2.24, 2.45) is 5.92 Å². The van der Waals surface area contributed by atoms with E-state index in [0.29, 0.717) is 50.5 Å². The zero-order valence-corrected chi connectivity index (χ0v) is 32.5. The van der Waals surface area contributed by atoms with Crippen molar-refractivity contribution in [1.82, 2.24) is 15.0 Å². The highest BCUT2D eigenvalue weighted by molar-refractivity contribution is 6.91. The highest BCUT2D eigenvalue weighted by Crippen LogP contribution is 2.60. The molecule has 0 aliphatic carbocycles. The maximum absolute atomic E-state index is 15.4. The Morgan fingerprint density at radius 3 is 2.24 bits per heavy atom. The van der Waals surface area contributed by atoms with Gasteiger partial charge >= 0.3 is 12.2 Å². The first-order chi connectivity index (χ1) is 26.5. The minimum atomic E-state index is -2.43. The lowest BCUT2D eigenvalue weighted by Crippen LogP contribution is -2.51.